The summed E-state index contributed by atoms with van der Waals surface area (Å²) in [6, 6.07) is 21.4. The van der Waals surface area contributed by atoms with E-state index < -0.39 is 0 Å². The highest BCUT2D eigenvalue weighted by Gasteiger charge is 2.07. The summed E-state index contributed by atoms with van der Waals surface area (Å²) in [6.07, 6.45) is 0. The van der Waals surface area contributed by atoms with Crippen LogP contribution in [0.3, 0.4) is 0 Å². The Kier molecular flexibility index (Phi) is 4.43. The average Bonchev–Trinajstić information content (AvgIpc) is 2.60. The van der Waals surface area contributed by atoms with Crippen LogP contribution in [0.5, 0.6) is 5.75 Å². The number of benzene rings is 3. The van der Waals surface area contributed by atoms with Crippen LogP contribution >= 0.6 is 0 Å². The van der Waals surface area contributed by atoms with Crippen LogP contribution in [0, 0.1) is 0 Å². The normalized spacial score (nSPS) is 10.3. The molecule has 0 aliphatic heterocycles. The Balaban J connectivity index is 1.69. The number of fused-ring (bicyclic) bond motifs is 1. The number of hydrogen-bond donors (Lipinski definition) is 2. The van der Waals surface area contributed by atoms with Crippen molar-refractivity contribution in [3.63, 3.8) is 0 Å². The van der Waals surface area contributed by atoms with Gasteiger partial charge in [-0.2, -0.15) is 0 Å². The van der Waals surface area contributed by atoms with E-state index >= 15 is 0 Å². The van der Waals surface area contributed by atoms with Crippen LogP contribution in [0.2, 0.25) is 0 Å². The molecule has 2 N–H and O–H groups in total. The van der Waals surface area contributed by atoms with Gasteiger partial charge < -0.3 is 15.4 Å². The lowest BCUT2D eigenvalue weighted by molar-refractivity contribution is -0.114. The number of rotatable bonds is 5. The fourth-order valence-corrected chi connectivity index (χ4v) is 2.50. The fraction of sp³-hybridized carbons (Fsp3) is 0.105. The fourth-order valence-electron chi connectivity index (χ4n) is 2.50. The molecule has 3 aromatic carbocycles. The predicted octanol–water partition coefficient (Wildman–Crippen LogP) is 3.90. The van der Waals surface area contributed by atoms with Gasteiger partial charge in [0.1, 0.15) is 5.75 Å². The van der Waals surface area contributed by atoms with Gasteiger partial charge in [0, 0.05) is 11.1 Å². The molecule has 3 rings (SSSR count). The Bertz CT molecular complexity index is 825. The molecule has 0 aromatic heterocycles. The van der Waals surface area contributed by atoms with Crippen LogP contribution < -0.4 is 15.4 Å². The summed E-state index contributed by atoms with van der Waals surface area (Å²) in [5, 5.41) is 8.28. The Morgan fingerprint density at radius 2 is 1.61 bits per heavy atom. The number of ether oxygens (including phenoxy) is 1. The highest BCUT2D eigenvalue weighted by atomic mass is 16.5. The molecule has 0 aliphatic carbocycles. The first-order chi connectivity index (χ1) is 11.3. The smallest absolute Gasteiger partial charge is 0.243 e. The molecule has 4 heteroatoms. The van der Waals surface area contributed by atoms with E-state index in [1.54, 1.807) is 7.11 Å². The third kappa shape index (κ3) is 3.43. The van der Waals surface area contributed by atoms with Gasteiger partial charge in [-0.25, -0.2) is 0 Å². The molecular formula is C19H18N2O2. The van der Waals surface area contributed by atoms with Crippen LogP contribution in [-0.4, -0.2) is 19.6 Å². The van der Waals surface area contributed by atoms with E-state index in [0.717, 1.165) is 16.5 Å². The monoisotopic (exact) mass is 306 g/mol. The molecule has 1 amide bonds. The van der Waals surface area contributed by atoms with Crippen molar-refractivity contribution in [3.05, 3.63) is 66.7 Å². The van der Waals surface area contributed by atoms with Crippen molar-refractivity contribution in [1.82, 2.24) is 0 Å². The van der Waals surface area contributed by atoms with Gasteiger partial charge in [0.05, 0.1) is 19.3 Å². The van der Waals surface area contributed by atoms with Crippen LogP contribution in [0.15, 0.2) is 66.7 Å². The van der Waals surface area contributed by atoms with Crippen molar-refractivity contribution in [1.29, 1.82) is 0 Å². The van der Waals surface area contributed by atoms with Gasteiger partial charge in [0.25, 0.3) is 0 Å². The lowest BCUT2D eigenvalue weighted by atomic mass is 10.1. The van der Waals surface area contributed by atoms with Crippen molar-refractivity contribution in [3.8, 4) is 5.75 Å². The average molecular weight is 306 g/mol. The summed E-state index contributed by atoms with van der Waals surface area (Å²) in [6.45, 7) is 0.187. The molecule has 0 heterocycles. The van der Waals surface area contributed by atoms with E-state index in [9.17, 15) is 4.79 Å². The Hall–Kier alpha value is -3.01. The number of hydrogen-bond acceptors (Lipinski definition) is 3. The van der Waals surface area contributed by atoms with Crippen LogP contribution in [0.1, 0.15) is 0 Å². The second kappa shape index (κ2) is 6.83. The molecule has 0 radical (unpaired) electrons. The first-order valence-corrected chi connectivity index (χ1v) is 7.42. The molecule has 116 valence electrons. The number of carbonyl (C=O) groups is 1. The van der Waals surface area contributed by atoms with Crippen molar-refractivity contribution < 1.29 is 9.53 Å². The summed E-state index contributed by atoms with van der Waals surface area (Å²) < 4.78 is 5.23. The zero-order valence-electron chi connectivity index (χ0n) is 12.9. The quantitative estimate of drug-likeness (QED) is 0.751. The minimum Gasteiger partial charge on any atom is -0.495 e. The summed E-state index contributed by atoms with van der Waals surface area (Å²) in [5.41, 5.74) is 1.61. The lowest BCUT2D eigenvalue weighted by Gasteiger charge is -2.12. The van der Waals surface area contributed by atoms with Gasteiger partial charge in [0.2, 0.25) is 5.91 Å². The topological polar surface area (TPSA) is 50.4 Å². The van der Waals surface area contributed by atoms with Crippen LogP contribution in [-0.2, 0) is 4.79 Å². The Labute approximate surface area is 135 Å². The van der Waals surface area contributed by atoms with E-state index in [2.05, 4.69) is 22.8 Å². The van der Waals surface area contributed by atoms with Crippen LogP contribution in [0.25, 0.3) is 10.8 Å². The highest BCUT2D eigenvalue weighted by molar-refractivity contribution is 5.98. The largest absolute Gasteiger partial charge is 0.495 e. The number of nitrogens with one attached hydrogen (secondary N) is 2. The first kappa shape index (κ1) is 14.9. The zero-order chi connectivity index (χ0) is 16.1. The molecule has 0 atom stereocenters. The van der Waals surface area contributed by atoms with Crippen molar-refractivity contribution in [2.75, 3.05) is 24.3 Å². The van der Waals surface area contributed by atoms with E-state index in [1.165, 1.54) is 0 Å². The molecule has 0 saturated carbocycles. The van der Waals surface area contributed by atoms with Crippen molar-refractivity contribution >= 4 is 28.1 Å². The molecule has 0 spiro atoms. The third-order valence-electron chi connectivity index (χ3n) is 3.61. The van der Waals surface area contributed by atoms with E-state index in [4.69, 9.17) is 4.74 Å². The second-order valence-corrected chi connectivity index (χ2v) is 5.13. The number of carbonyl (C=O) groups excluding carboxylic acids is 1. The molecule has 0 fully saturated rings. The Morgan fingerprint density at radius 3 is 2.48 bits per heavy atom. The van der Waals surface area contributed by atoms with E-state index in [-0.39, 0.29) is 12.5 Å². The Morgan fingerprint density at radius 1 is 0.913 bits per heavy atom. The summed E-state index contributed by atoms with van der Waals surface area (Å²) in [7, 11) is 1.58. The van der Waals surface area contributed by atoms with Crippen LogP contribution in [0.4, 0.5) is 11.4 Å². The van der Waals surface area contributed by atoms with Gasteiger partial charge in [-0.15, -0.1) is 0 Å². The zero-order valence-corrected chi connectivity index (χ0v) is 12.9. The van der Waals surface area contributed by atoms with Gasteiger partial charge in [-0.3, -0.25) is 4.79 Å². The molecule has 0 saturated heterocycles. The predicted molar refractivity (Wildman–Crippen MR) is 94.1 cm³/mol. The highest BCUT2D eigenvalue weighted by Crippen LogP contribution is 2.24. The maximum Gasteiger partial charge on any atom is 0.243 e. The molecule has 3 aromatic rings. The van der Waals surface area contributed by atoms with Gasteiger partial charge in [-0.1, -0.05) is 48.5 Å². The number of anilines is 2. The number of para-hydroxylation sites is 2. The van der Waals surface area contributed by atoms with Gasteiger partial charge >= 0.3 is 0 Å². The molecule has 0 bridgehead atoms. The van der Waals surface area contributed by atoms with Crippen molar-refractivity contribution in [2.24, 2.45) is 0 Å². The third-order valence-corrected chi connectivity index (χ3v) is 3.61. The summed E-state index contributed by atoms with van der Waals surface area (Å²) >= 11 is 0. The lowest BCUT2D eigenvalue weighted by Crippen LogP contribution is -2.22. The molecule has 23 heavy (non-hydrogen) atoms. The van der Waals surface area contributed by atoms with Gasteiger partial charge in [-0.05, 0) is 23.6 Å². The molecular weight excluding hydrogens is 288 g/mol. The maximum absolute atomic E-state index is 12.2. The number of methoxy groups -OCH3 is 1. The number of amides is 1. The summed E-state index contributed by atoms with van der Waals surface area (Å²) in [5.74, 6) is 0.522. The molecule has 0 aliphatic rings. The van der Waals surface area contributed by atoms with Crippen molar-refractivity contribution in [2.45, 2.75) is 0 Å². The molecule has 4 nitrogen and oxygen atoms in total. The standard InChI is InChI=1S/C19H18N2O2/c1-23-18-12-5-4-10-17(18)21-19(22)13-20-16-11-6-8-14-7-2-3-9-15(14)16/h2-12,20H,13H2,1H3,(H,21,22). The second-order valence-electron chi connectivity index (χ2n) is 5.13. The van der Waals surface area contributed by atoms with E-state index in [0.29, 0.717) is 11.4 Å². The van der Waals surface area contributed by atoms with E-state index in [1.807, 2.05) is 54.6 Å². The van der Waals surface area contributed by atoms with Gasteiger partial charge in [0.15, 0.2) is 0 Å². The minimum atomic E-state index is -0.123. The SMILES string of the molecule is COc1ccccc1NC(=O)CNc1cccc2ccccc12. The first-order valence-electron chi connectivity index (χ1n) is 7.42. The minimum absolute atomic E-state index is 0.123. The summed E-state index contributed by atoms with van der Waals surface area (Å²) in [4.78, 5) is 12.2. The molecule has 0 unspecified atom stereocenters. The maximum atomic E-state index is 12.2.